The van der Waals surface area contributed by atoms with E-state index in [0.29, 0.717) is 25.0 Å². The van der Waals surface area contributed by atoms with Crippen LogP contribution in [0.2, 0.25) is 0 Å². The summed E-state index contributed by atoms with van der Waals surface area (Å²) in [4.78, 5) is 4.26. The highest BCUT2D eigenvalue weighted by molar-refractivity contribution is 5.17. The number of nitrogens with one attached hydrogen (secondary N) is 1. The van der Waals surface area contributed by atoms with Crippen molar-refractivity contribution in [1.82, 2.24) is 10.3 Å². The van der Waals surface area contributed by atoms with Gasteiger partial charge in [-0.1, -0.05) is 19.9 Å². The van der Waals surface area contributed by atoms with Crippen LogP contribution in [0.25, 0.3) is 0 Å². The van der Waals surface area contributed by atoms with Gasteiger partial charge in [0.15, 0.2) is 0 Å². The Kier molecular flexibility index (Phi) is 7.37. The Labute approximate surface area is 110 Å². The maximum absolute atomic E-state index is 5.45. The lowest BCUT2D eigenvalue weighted by molar-refractivity contribution is 0.108. The molecule has 0 unspecified atom stereocenters. The van der Waals surface area contributed by atoms with Crippen LogP contribution in [0.4, 0.5) is 0 Å². The molecule has 0 aromatic carbocycles. The molecule has 1 N–H and O–H groups in total. The summed E-state index contributed by atoms with van der Waals surface area (Å²) >= 11 is 0. The summed E-state index contributed by atoms with van der Waals surface area (Å²) in [5.41, 5.74) is 1.17. The van der Waals surface area contributed by atoms with Gasteiger partial charge in [0.1, 0.15) is 6.61 Å². The van der Waals surface area contributed by atoms with E-state index in [1.165, 1.54) is 5.56 Å². The monoisotopic (exact) mass is 252 g/mol. The summed E-state index contributed by atoms with van der Waals surface area (Å²) in [6.45, 7) is 10.1. The van der Waals surface area contributed by atoms with Crippen LogP contribution in [0.15, 0.2) is 18.3 Å². The van der Waals surface area contributed by atoms with Crippen molar-refractivity contribution in [2.45, 2.75) is 27.3 Å². The van der Waals surface area contributed by atoms with Crippen molar-refractivity contribution in [2.75, 3.05) is 26.4 Å². The van der Waals surface area contributed by atoms with Crippen LogP contribution in [-0.4, -0.2) is 31.3 Å². The van der Waals surface area contributed by atoms with E-state index >= 15 is 0 Å². The second kappa shape index (κ2) is 8.89. The van der Waals surface area contributed by atoms with Gasteiger partial charge in [0.05, 0.1) is 6.61 Å². The van der Waals surface area contributed by atoms with E-state index in [2.05, 4.69) is 24.1 Å². The largest absolute Gasteiger partial charge is 0.475 e. The molecule has 0 saturated carbocycles. The third kappa shape index (κ3) is 6.57. The van der Waals surface area contributed by atoms with Gasteiger partial charge >= 0.3 is 0 Å². The third-order valence-electron chi connectivity index (χ3n) is 2.36. The molecule has 18 heavy (non-hydrogen) atoms. The average molecular weight is 252 g/mol. The second-order valence-corrected chi connectivity index (χ2v) is 4.57. The zero-order valence-electron chi connectivity index (χ0n) is 11.6. The van der Waals surface area contributed by atoms with Crippen molar-refractivity contribution in [3.63, 3.8) is 0 Å². The number of pyridine rings is 1. The van der Waals surface area contributed by atoms with Gasteiger partial charge in [0.25, 0.3) is 0 Å². The maximum atomic E-state index is 5.45. The first-order valence-corrected chi connectivity index (χ1v) is 6.58. The number of hydrogen-bond acceptors (Lipinski definition) is 4. The van der Waals surface area contributed by atoms with E-state index in [1.807, 2.05) is 25.3 Å². The Bertz CT molecular complexity index is 312. The van der Waals surface area contributed by atoms with Gasteiger partial charge in [-0.15, -0.1) is 0 Å². The summed E-state index contributed by atoms with van der Waals surface area (Å²) in [6, 6.07) is 3.94. The molecule has 102 valence electrons. The van der Waals surface area contributed by atoms with E-state index in [4.69, 9.17) is 9.47 Å². The average Bonchev–Trinajstić information content (AvgIpc) is 2.36. The van der Waals surface area contributed by atoms with Gasteiger partial charge in [0.2, 0.25) is 5.88 Å². The fourth-order valence-electron chi connectivity index (χ4n) is 1.46. The van der Waals surface area contributed by atoms with Gasteiger partial charge in [-0.3, -0.25) is 0 Å². The molecular weight excluding hydrogens is 228 g/mol. The highest BCUT2D eigenvalue weighted by atomic mass is 16.5. The molecule has 0 aliphatic heterocycles. The molecule has 4 heteroatoms. The number of nitrogens with zero attached hydrogens (tertiary/aromatic N) is 1. The first kappa shape index (κ1) is 14.9. The van der Waals surface area contributed by atoms with Crippen LogP contribution < -0.4 is 10.1 Å². The Balaban J connectivity index is 2.24. The van der Waals surface area contributed by atoms with Crippen molar-refractivity contribution in [3.8, 4) is 5.88 Å². The van der Waals surface area contributed by atoms with Crippen molar-refractivity contribution >= 4 is 0 Å². The predicted octanol–water partition coefficient (Wildman–Crippen LogP) is 2.24. The van der Waals surface area contributed by atoms with Crippen LogP contribution in [0.3, 0.4) is 0 Å². The minimum atomic E-state index is 0.547. The SMILES string of the molecule is CCOCCOc1ccc(CNCC(C)C)cn1. The Morgan fingerprint density at radius 1 is 1.28 bits per heavy atom. The summed E-state index contributed by atoms with van der Waals surface area (Å²) in [7, 11) is 0. The normalized spacial score (nSPS) is 10.9. The minimum absolute atomic E-state index is 0.547. The van der Waals surface area contributed by atoms with Gasteiger partial charge in [0, 0.05) is 25.4 Å². The topological polar surface area (TPSA) is 43.4 Å². The van der Waals surface area contributed by atoms with Crippen molar-refractivity contribution in [3.05, 3.63) is 23.9 Å². The molecule has 1 aromatic rings. The maximum Gasteiger partial charge on any atom is 0.213 e. The summed E-state index contributed by atoms with van der Waals surface area (Å²) in [5, 5.41) is 3.38. The Morgan fingerprint density at radius 3 is 2.72 bits per heavy atom. The van der Waals surface area contributed by atoms with Gasteiger partial charge in [-0.05, 0) is 24.9 Å². The smallest absolute Gasteiger partial charge is 0.213 e. The molecule has 0 aliphatic rings. The molecule has 0 spiro atoms. The fourth-order valence-corrected chi connectivity index (χ4v) is 1.46. The first-order chi connectivity index (χ1) is 8.72. The van der Waals surface area contributed by atoms with Crippen molar-refractivity contribution < 1.29 is 9.47 Å². The molecule has 0 saturated heterocycles. The van der Waals surface area contributed by atoms with Crippen LogP contribution in [0.5, 0.6) is 5.88 Å². The standard InChI is InChI=1S/C14H24N2O2/c1-4-17-7-8-18-14-6-5-13(11-16-14)10-15-9-12(2)3/h5-6,11-12,15H,4,7-10H2,1-3H3. The zero-order chi connectivity index (χ0) is 13.2. The molecule has 4 nitrogen and oxygen atoms in total. The lowest BCUT2D eigenvalue weighted by Gasteiger charge is -2.08. The number of hydrogen-bond donors (Lipinski definition) is 1. The number of aromatic nitrogens is 1. The van der Waals surface area contributed by atoms with E-state index in [-0.39, 0.29) is 0 Å². The van der Waals surface area contributed by atoms with Gasteiger partial charge < -0.3 is 14.8 Å². The molecule has 0 bridgehead atoms. The first-order valence-electron chi connectivity index (χ1n) is 6.58. The van der Waals surface area contributed by atoms with Crippen LogP contribution >= 0.6 is 0 Å². The van der Waals surface area contributed by atoms with Crippen LogP contribution in [0, 0.1) is 5.92 Å². The Hall–Kier alpha value is -1.13. The molecular formula is C14H24N2O2. The zero-order valence-corrected chi connectivity index (χ0v) is 11.6. The number of rotatable bonds is 9. The molecule has 1 heterocycles. The molecule has 0 amide bonds. The molecule has 1 aromatic heterocycles. The molecule has 0 atom stereocenters. The lowest BCUT2D eigenvalue weighted by Crippen LogP contribution is -2.19. The van der Waals surface area contributed by atoms with Crippen LogP contribution in [-0.2, 0) is 11.3 Å². The number of ether oxygens (including phenoxy) is 2. The quantitative estimate of drug-likeness (QED) is 0.685. The second-order valence-electron chi connectivity index (χ2n) is 4.57. The predicted molar refractivity (Wildman–Crippen MR) is 72.8 cm³/mol. The van der Waals surface area contributed by atoms with E-state index in [1.54, 1.807) is 0 Å². The third-order valence-corrected chi connectivity index (χ3v) is 2.36. The molecule has 0 aliphatic carbocycles. The summed E-state index contributed by atoms with van der Waals surface area (Å²) < 4.78 is 10.6. The lowest BCUT2D eigenvalue weighted by atomic mass is 10.2. The van der Waals surface area contributed by atoms with Gasteiger partial charge in [-0.25, -0.2) is 4.98 Å². The Morgan fingerprint density at radius 2 is 2.11 bits per heavy atom. The van der Waals surface area contributed by atoms with Crippen LogP contribution in [0.1, 0.15) is 26.3 Å². The van der Waals surface area contributed by atoms with Crippen molar-refractivity contribution in [1.29, 1.82) is 0 Å². The van der Waals surface area contributed by atoms with E-state index < -0.39 is 0 Å². The highest BCUT2D eigenvalue weighted by Gasteiger charge is 1.98. The highest BCUT2D eigenvalue weighted by Crippen LogP contribution is 2.07. The van der Waals surface area contributed by atoms with E-state index in [9.17, 15) is 0 Å². The fraction of sp³-hybridized carbons (Fsp3) is 0.643. The van der Waals surface area contributed by atoms with Gasteiger partial charge in [-0.2, -0.15) is 0 Å². The molecule has 0 fully saturated rings. The molecule has 1 rings (SSSR count). The van der Waals surface area contributed by atoms with E-state index in [0.717, 1.165) is 19.7 Å². The summed E-state index contributed by atoms with van der Waals surface area (Å²) in [6.07, 6.45) is 1.85. The molecule has 0 radical (unpaired) electrons. The summed E-state index contributed by atoms with van der Waals surface area (Å²) in [5.74, 6) is 1.32. The minimum Gasteiger partial charge on any atom is -0.475 e. The van der Waals surface area contributed by atoms with Crippen molar-refractivity contribution in [2.24, 2.45) is 5.92 Å².